The topological polar surface area (TPSA) is 50.9 Å². The Morgan fingerprint density at radius 3 is 2.88 bits per heavy atom. The third-order valence-electron chi connectivity index (χ3n) is 2.77. The van der Waals surface area contributed by atoms with Crippen LogP contribution in [-0.4, -0.2) is 19.9 Å². The number of hydrogen-bond acceptors (Lipinski definition) is 3. The fourth-order valence-electron chi connectivity index (χ4n) is 1.81. The normalized spacial score (nSPS) is 12.7. The van der Waals surface area contributed by atoms with E-state index in [1.807, 2.05) is 19.9 Å². The Hall–Kier alpha value is -1.39. The molecule has 0 aliphatic carbocycles. The summed E-state index contributed by atoms with van der Waals surface area (Å²) in [5, 5.41) is 15.0. The van der Waals surface area contributed by atoms with E-state index in [1.165, 1.54) is 0 Å². The summed E-state index contributed by atoms with van der Waals surface area (Å²) in [4.78, 5) is 4.03. The summed E-state index contributed by atoms with van der Waals surface area (Å²) in [5.41, 5.74) is 2.35. The van der Waals surface area contributed by atoms with E-state index in [1.54, 1.807) is 23.3 Å². The summed E-state index contributed by atoms with van der Waals surface area (Å²) in [5.74, 6) is 0. The lowest BCUT2D eigenvalue weighted by Crippen LogP contribution is -2.10. The molecule has 2 aromatic heterocycles. The van der Waals surface area contributed by atoms with E-state index < -0.39 is 6.10 Å². The Labute approximate surface area is 105 Å². The van der Waals surface area contributed by atoms with Crippen LogP contribution >= 0.6 is 11.6 Å². The first-order valence-corrected chi connectivity index (χ1v) is 5.82. The maximum Gasteiger partial charge on any atom is 0.124 e. The van der Waals surface area contributed by atoms with Gasteiger partial charge in [-0.3, -0.25) is 9.67 Å². The molecule has 0 aliphatic heterocycles. The van der Waals surface area contributed by atoms with E-state index in [0.29, 0.717) is 17.3 Å². The Bertz CT molecular complexity index is 524. The lowest BCUT2D eigenvalue weighted by Gasteiger charge is -2.15. The van der Waals surface area contributed by atoms with Gasteiger partial charge in [0.15, 0.2) is 0 Å². The number of aliphatic hydroxyl groups is 1. The van der Waals surface area contributed by atoms with Gasteiger partial charge >= 0.3 is 0 Å². The number of aliphatic hydroxyl groups excluding tert-OH is 1. The van der Waals surface area contributed by atoms with Crippen molar-refractivity contribution >= 4 is 11.6 Å². The van der Waals surface area contributed by atoms with Crippen LogP contribution in [0.5, 0.6) is 0 Å². The molecule has 2 rings (SSSR count). The molecule has 0 spiro atoms. The molecular weight excluding hydrogens is 238 g/mol. The van der Waals surface area contributed by atoms with Crippen molar-refractivity contribution in [2.75, 3.05) is 0 Å². The zero-order valence-corrected chi connectivity index (χ0v) is 10.5. The number of rotatable bonds is 3. The first kappa shape index (κ1) is 12.1. The standard InChI is InChI=1S/C12H14ClN3O/c1-3-16-11(10(13)7-15-16)12(17)9-6-14-5-4-8(9)2/h4-7,12,17H,3H2,1-2H3. The zero-order chi connectivity index (χ0) is 12.4. The molecular formula is C12H14ClN3O. The van der Waals surface area contributed by atoms with Crippen molar-refractivity contribution in [3.05, 3.63) is 46.5 Å². The molecule has 0 bridgehead atoms. The van der Waals surface area contributed by atoms with Gasteiger partial charge in [-0.2, -0.15) is 5.10 Å². The average Bonchev–Trinajstić information content (AvgIpc) is 2.70. The highest BCUT2D eigenvalue weighted by Crippen LogP contribution is 2.29. The molecule has 0 fully saturated rings. The predicted molar refractivity (Wildman–Crippen MR) is 65.9 cm³/mol. The molecule has 0 radical (unpaired) electrons. The number of halogens is 1. The molecule has 1 unspecified atom stereocenters. The van der Waals surface area contributed by atoms with Gasteiger partial charge in [-0.25, -0.2) is 0 Å². The van der Waals surface area contributed by atoms with Crippen LogP contribution in [0, 0.1) is 6.92 Å². The maximum atomic E-state index is 10.4. The summed E-state index contributed by atoms with van der Waals surface area (Å²) in [7, 11) is 0. The molecule has 0 aromatic carbocycles. The van der Waals surface area contributed by atoms with Crippen LogP contribution in [0.4, 0.5) is 0 Å². The first-order valence-electron chi connectivity index (χ1n) is 5.45. The summed E-state index contributed by atoms with van der Waals surface area (Å²) in [6, 6.07) is 1.86. The van der Waals surface area contributed by atoms with Crippen molar-refractivity contribution < 1.29 is 5.11 Å². The van der Waals surface area contributed by atoms with Gasteiger partial charge in [-0.05, 0) is 25.5 Å². The fraction of sp³-hybridized carbons (Fsp3) is 0.333. The third-order valence-corrected chi connectivity index (χ3v) is 3.06. The van der Waals surface area contributed by atoms with Crippen molar-refractivity contribution in [3.63, 3.8) is 0 Å². The quantitative estimate of drug-likeness (QED) is 0.911. The minimum atomic E-state index is -0.793. The number of nitrogens with zero attached hydrogens (tertiary/aromatic N) is 3. The Morgan fingerprint density at radius 2 is 2.24 bits per heavy atom. The van der Waals surface area contributed by atoms with Gasteiger partial charge in [0, 0.05) is 24.5 Å². The minimum absolute atomic E-state index is 0.475. The predicted octanol–water partition coefficient (Wildman–Crippen LogP) is 2.34. The molecule has 1 atom stereocenters. The van der Waals surface area contributed by atoms with Crippen LogP contribution in [0.2, 0.25) is 5.02 Å². The molecule has 0 saturated carbocycles. The molecule has 2 aromatic rings. The summed E-state index contributed by atoms with van der Waals surface area (Å²) >= 11 is 6.06. The highest BCUT2D eigenvalue weighted by molar-refractivity contribution is 6.31. The maximum absolute atomic E-state index is 10.4. The van der Waals surface area contributed by atoms with E-state index in [-0.39, 0.29) is 0 Å². The highest BCUT2D eigenvalue weighted by Gasteiger charge is 2.20. The molecule has 1 N–H and O–H groups in total. The molecule has 17 heavy (non-hydrogen) atoms. The van der Waals surface area contributed by atoms with Crippen LogP contribution in [-0.2, 0) is 6.54 Å². The SMILES string of the molecule is CCn1ncc(Cl)c1C(O)c1cnccc1C. The van der Waals surface area contributed by atoms with E-state index in [9.17, 15) is 5.11 Å². The monoisotopic (exact) mass is 251 g/mol. The van der Waals surface area contributed by atoms with Crippen molar-refractivity contribution in [3.8, 4) is 0 Å². The number of pyridine rings is 1. The first-order chi connectivity index (χ1) is 8.15. The lowest BCUT2D eigenvalue weighted by molar-refractivity contribution is 0.207. The zero-order valence-electron chi connectivity index (χ0n) is 9.76. The second-order valence-electron chi connectivity index (χ2n) is 3.83. The Kier molecular flexibility index (Phi) is 3.45. The number of aryl methyl sites for hydroxylation is 2. The van der Waals surface area contributed by atoms with Crippen molar-refractivity contribution in [1.82, 2.24) is 14.8 Å². The summed E-state index contributed by atoms with van der Waals surface area (Å²) < 4.78 is 1.69. The van der Waals surface area contributed by atoms with E-state index in [2.05, 4.69) is 10.1 Å². The van der Waals surface area contributed by atoms with Gasteiger partial charge in [0.05, 0.1) is 16.9 Å². The molecule has 0 amide bonds. The second-order valence-corrected chi connectivity index (χ2v) is 4.24. The summed E-state index contributed by atoms with van der Waals surface area (Å²) in [6.45, 7) is 4.55. The van der Waals surface area contributed by atoms with E-state index in [4.69, 9.17) is 11.6 Å². The van der Waals surface area contributed by atoms with Crippen LogP contribution in [0.1, 0.15) is 29.8 Å². The average molecular weight is 252 g/mol. The minimum Gasteiger partial charge on any atom is -0.382 e. The van der Waals surface area contributed by atoms with Crippen LogP contribution in [0.25, 0.3) is 0 Å². The van der Waals surface area contributed by atoms with Crippen molar-refractivity contribution in [1.29, 1.82) is 0 Å². The number of aromatic nitrogens is 3. The van der Waals surface area contributed by atoms with E-state index >= 15 is 0 Å². The smallest absolute Gasteiger partial charge is 0.124 e. The molecule has 5 heteroatoms. The molecule has 2 heterocycles. The molecule has 90 valence electrons. The highest BCUT2D eigenvalue weighted by atomic mass is 35.5. The summed E-state index contributed by atoms with van der Waals surface area (Å²) in [6.07, 6.45) is 4.11. The van der Waals surface area contributed by atoms with Crippen molar-refractivity contribution in [2.45, 2.75) is 26.5 Å². The van der Waals surface area contributed by atoms with Gasteiger partial charge in [0.2, 0.25) is 0 Å². The Morgan fingerprint density at radius 1 is 1.47 bits per heavy atom. The van der Waals surface area contributed by atoms with Gasteiger partial charge in [-0.1, -0.05) is 11.6 Å². The molecule has 4 nitrogen and oxygen atoms in total. The van der Waals surface area contributed by atoms with Crippen LogP contribution in [0.3, 0.4) is 0 Å². The van der Waals surface area contributed by atoms with Crippen LogP contribution in [0.15, 0.2) is 24.7 Å². The largest absolute Gasteiger partial charge is 0.382 e. The Balaban J connectivity index is 2.47. The molecule has 0 aliphatic rings. The fourth-order valence-corrected chi connectivity index (χ4v) is 2.05. The van der Waals surface area contributed by atoms with Gasteiger partial charge in [0.1, 0.15) is 6.10 Å². The third kappa shape index (κ3) is 2.18. The van der Waals surface area contributed by atoms with Gasteiger partial charge in [0.25, 0.3) is 0 Å². The lowest BCUT2D eigenvalue weighted by atomic mass is 10.0. The van der Waals surface area contributed by atoms with Gasteiger partial charge in [-0.15, -0.1) is 0 Å². The molecule has 0 saturated heterocycles. The second kappa shape index (κ2) is 4.85. The van der Waals surface area contributed by atoms with E-state index in [0.717, 1.165) is 11.1 Å². The van der Waals surface area contributed by atoms with Crippen LogP contribution < -0.4 is 0 Å². The number of hydrogen-bond donors (Lipinski definition) is 1. The van der Waals surface area contributed by atoms with Crippen molar-refractivity contribution in [2.24, 2.45) is 0 Å². The van der Waals surface area contributed by atoms with Gasteiger partial charge < -0.3 is 5.11 Å².